The van der Waals surface area contributed by atoms with E-state index < -0.39 is 0 Å². The van der Waals surface area contributed by atoms with Crippen LogP contribution < -0.4 is 10.2 Å². The molecule has 3 aliphatic rings. The third-order valence-corrected chi connectivity index (χ3v) is 5.21. The molecule has 4 nitrogen and oxygen atoms in total. The number of carbonyl (C=O) groups excluding carboxylic acids is 2. The lowest BCUT2D eigenvalue weighted by atomic mass is 9.80. The van der Waals surface area contributed by atoms with Gasteiger partial charge in [0.1, 0.15) is 0 Å². The number of anilines is 1. The van der Waals surface area contributed by atoms with Crippen molar-refractivity contribution in [3.63, 3.8) is 0 Å². The lowest BCUT2D eigenvalue weighted by Crippen LogP contribution is -2.47. The Bertz CT molecular complexity index is 563. The fraction of sp³-hybridized carbons (Fsp3) is 0.500. The maximum Gasteiger partial charge on any atom is 0.239 e. The number of amides is 2. The van der Waals surface area contributed by atoms with Crippen molar-refractivity contribution in [2.45, 2.75) is 31.2 Å². The fourth-order valence-corrected chi connectivity index (χ4v) is 4.30. The second-order valence-corrected chi connectivity index (χ2v) is 6.18. The standard InChI is InChI=1S/C16H18N2O2/c19-14-12-10-17-16(8-4-5-9-16)13(12)15(20)18(14)11-6-2-1-3-7-11/h1-3,6-7,12-13,17H,4-5,8-10H2. The predicted molar refractivity (Wildman–Crippen MR) is 75.1 cm³/mol. The number of hydrogen-bond acceptors (Lipinski definition) is 3. The number of hydrogen-bond donors (Lipinski definition) is 1. The molecule has 0 bridgehead atoms. The predicted octanol–water partition coefficient (Wildman–Crippen LogP) is 1.71. The molecule has 1 aromatic carbocycles. The second-order valence-electron chi connectivity index (χ2n) is 6.18. The van der Waals surface area contributed by atoms with Gasteiger partial charge in [0.25, 0.3) is 0 Å². The summed E-state index contributed by atoms with van der Waals surface area (Å²) < 4.78 is 0. The summed E-state index contributed by atoms with van der Waals surface area (Å²) in [6.07, 6.45) is 4.36. The Morgan fingerprint density at radius 1 is 1.05 bits per heavy atom. The van der Waals surface area contributed by atoms with Crippen LogP contribution in [0.15, 0.2) is 30.3 Å². The maximum atomic E-state index is 12.8. The minimum absolute atomic E-state index is 0.00176. The van der Waals surface area contributed by atoms with Crippen molar-refractivity contribution in [2.75, 3.05) is 11.4 Å². The van der Waals surface area contributed by atoms with Crippen LogP contribution in [-0.2, 0) is 9.59 Å². The first kappa shape index (κ1) is 12.1. The first-order valence-corrected chi connectivity index (χ1v) is 7.41. The Balaban J connectivity index is 1.73. The first-order valence-electron chi connectivity index (χ1n) is 7.41. The number of rotatable bonds is 1. The van der Waals surface area contributed by atoms with Gasteiger partial charge in [-0.15, -0.1) is 0 Å². The van der Waals surface area contributed by atoms with Crippen LogP contribution >= 0.6 is 0 Å². The lowest BCUT2D eigenvalue weighted by molar-refractivity contribution is -0.123. The fourth-order valence-electron chi connectivity index (χ4n) is 4.30. The first-order chi connectivity index (χ1) is 9.73. The van der Waals surface area contributed by atoms with Crippen LogP contribution in [0.1, 0.15) is 25.7 Å². The van der Waals surface area contributed by atoms with Gasteiger partial charge < -0.3 is 5.32 Å². The molecule has 2 atom stereocenters. The molecule has 20 heavy (non-hydrogen) atoms. The number of carbonyl (C=O) groups is 2. The van der Waals surface area contributed by atoms with Crippen LogP contribution in [0.5, 0.6) is 0 Å². The SMILES string of the molecule is O=C1C2CNC3(CCCC3)C2C(=O)N1c1ccccc1. The number of nitrogens with one attached hydrogen (secondary N) is 1. The molecule has 3 fully saturated rings. The summed E-state index contributed by atoms with van der Waals surface area (Å²) in [6.45, 7) is 0.651. The molecule has 4 rings (SSSR count). The summed E-state index contributed by atoms with van der Waals surface area (Å²) in [6, 6.07) is 9.31. The van der Waals surface area contributed by atoms with Gasteiger partial charge >= 0.3 is 0 Å². The van der Waals surface area contributed by atoms with Crippen molar-refractivity contribution in [3.05, 3.63) is 30.3 Å². The Morgan fingerprint density at radius 2 is 1.75 bits per heavy atom. The number of benzene rings is 1. The van der Waals surface area contributed by atoms with Gasteiger partial charge in [-0.25, -0.2) is 4.90 Å². The van der Waals surface area contributed by atoms with Crippen molar-refractivity contribution in [1.82, 2.24) is 5.32 Å². The van der Waals surface area contributed by atoms with Gasteiger partial charge in [-0.3, -0.25) is 9.59 Å². The molecule has 2 unspecified atom stereocenters. The monoisotopic (exact) mass is 270 g/mol. The highest BCUT2D eigenvalue weighted by Gasteiger charge is 2.61. The number of fused-ring (bicyclic) bond motifs is 2. The van der Waals surface area contributed by atoms with E-state index in [1.54, 1.807) is 0 Å². The van der Waals surface area contributed by atoms with E-state index in [1.165, 1.54) is 4.90 Å². The molecule has 1 aliphatic carbocycles. The highest BCUT2D eigenvalue weighted by molar-refractivity contribution is 6.22. The van der Waals surface area contributed by atoms with Gasteiger partial charge in [-0.1, -0.05) is 31.0 Å². The van der Waals surface area contributed by atoms with Crippen molar-refractivity contribution in [3.8, 4) is 0 Å². The highest BCUT2D eigenvalue weighted by Crippen LogP contribution is 2.48. The molecule has 104 valence electrons. The number of para-hydroxylation sites is 1. The quantitative estimate of drug-likeness (QED) is 0.790. The summed E-state index contributed by atoms with van der Waals surface area (Å²) in [4.78, 5) is 26.8. The summed E-state index contributed by atoms with van der Waals surface area (Å²) >= 11 is 0. The molecule has 2 aliphatic heterocycles. The van der Waals surface area contributed by atoms with E-state index in [0.717, 1.165) is 25.7 Å². The molecular weight excluding hydrogens is 252 g/mol. The Labute approximate surface area is 118 Å². The normalized spacial score (nSPS) is 31.3. The Hall–Kier alpha value is -1.68. The van der Waals surface area contributed by atoms with E-state index in [4.69, 9.17) is 0 Å². The molecule has 2 saturated heterocycles. The van der Waals surface area contributed by atoms with Gasteiger partial charge in [0.15, 0.2) is 0 Å². The van der Waals surface area contributed by atoms with Gasteiger partial charge in [-0.05, 0) is 25.0 Å². The topological polar surface area (TPSA) is 49.4 Å². The number of imide groups is 1. The summed E-state index contributed by atoms with van der Waals surface area (Å²) in [7, 11) is 0. The average Bonchev–Trinajstić information content (AvgIpc) is 3.13. The second kappa shape index (κ2) is 4.16. The molecule has 4 heteroatoms. The zero-order valence-electron chi connectivity index (χ0n) is 11.3. The summed E-state index contributed by atoms with van der Waals surface area (Å²) in [5.41, 5.74) is 0.603. The van der Waals surface area contributed by atoms with Crippen molar-refractivity contribution in [1.29, 1.82) is 0 Å². The van der Waals surface area contributed by atoms with Gasteiger partial charge in [-0.2, -0.15) is 0 Å². The molecule has 1 spiro atoms. The molecule has 1 saturated carbocycles. The average molecular weight is 270 g/mol. The molecule has 0 radical (unpaired) electrons. The molecule has 1 aromatic rings. The zero-order chi connectivity index (χ0) is 13.7. The highest BCUT2D eigenvalue weighted by atomic mass is 16.2. The maximum absolute atomic E-state index is 12.8. The number of nitrogens with zero attached hydrogens (tertiary/aromatic N) is 1. The van der Waals surface area contributed by atoms with E-state index in [0.29, 0.717) is 12.2 Å². The van der Waals surface area contributed by atoms with E-state index in [1.807, 2.05) is 30.3 Å². The van der Waals surface area contributed by atoms with Crippen LogP contribution in [0.3, 0.4) is 0 Å². The molecule has 1 N–H and O–H groups in total. The molecule has 2 amide bonds. The van der Waals surface area contributed by atoms with E-state index in [2.05, 4.69) is 5.32 Å². The van der Waals surface area contributed by atoms with E-state index in [-0.39, 0.29) is 29.2 Å². The van der Waals surface area contributed by atoms with Crippen molar-refractivity contribution in [2.24, 2.45) is 11.8 Å². The van der Waals surface area contributed by atoms with Crippen LogP contribution in [0, 0.1) is 11.8 Å². The van der Waals surface area contributed by atoms with Gasteiger partial charge in [0, 0.05) is 12.1 Å². The Kier molecular flexibility index (Phi) is 2.51. The van der Waals surface area contributed by atoms with Gasteiger partial charge in [0.05, 0.1) is 17.5 Å². The van der Waals surface area contributed by atoms with E-state index in [9.17, 15) is 9.59 Å². The van der Waals surface area contributed by atoms with E-state index >= 15 is 0 Å². The van der Waals surface area contributed by atoms with Crippen molar-refractivity contribution >= 4 is 17.5 Å². The smallest absolute Gasteiger partial charge is 0.239 e. The third kappa shape index (κ3) is 1.45. The largest absolute Gasteiger partial charge is 0.310 e. The van der Waals surface area contributed by atoms with Crippen molar-refractivity contribution < 1.29 is 9.59 Å². The van der Waals surface area contributed by atoms with Gasteiger partial charge in [0.2, 0.25) is 11.8 Å². The minimum atomic E-state index is -0.166. The van der Waals surface area contributed by atoms with Crippen LogP contribution in [0.4, 0.5) is 5.69 Å². The van der Waals surface area contributed by atoms with Crippen LogP contribution in [0.25, 0.3) is 0 Å². The molecule has 2 heterocycles. The van der Waals surface area contributed by atoms with Crippen LogP contribution in [0.2, 0.25) is 0 Å². The van der Waals surface area contributed by atoms with Crippen LogP contribution in [-0.4, -0.2) is 23.9 Å². The minimum Gasteiger partial charge on any atom is -0.310 e. The zero-order valence-corrected chi connectivity index (χ0v) is 11.3. The molecule has 0 aromatic heterocycles. The Morgan fingerprint density at radius 3 is 2.45 bits per heavy atom. The summed E-state index contributed by atoms with van der Waals surface area (Å²) in [5.74, 6) is -0.348. The third-order valence-electron chi connectivity index (χ3n) is 5.21. The molecular formula is C16H18N2O2. The summed E-state index contributed by atoms with van der Waals surface area (Å²) in [5, 5.41) is 3.50. The lowest BCUT2D eigenvalue weighted by Gasteiger charge is -2.29.